The number of nitrogens with one attached hydrogen (secondary N) is 1. The summed E-state index contributed by atoms with van der Waals surface area (Å²) >= 11 is 0. The van der Waals surface area contributed by atoms with Crippen LogP contribution in [-0.2, 0) is 21.2 Å². The van der Waals surface area contributed by atoms with Gasteiger partial charge in [-0.2, -0.15) is 4.31 Å². The van der Waals surface area contributed by atoms with Crippen molar-refractivity contribution in [1.82, 2.24) is 9.62 Å². The molecule has 1 amide bonds. The number of hydrogen-bond donors (Lipinski definition) is 2. The summed E-state index contributed by atoms with van der Waals surface area (Å²) < 4.78 is 26.1. The van der Waals surface area contributed by atoms with Gasteiger partial charge in [0.15, 0.2) is 0 Å². The van der Waals surface area contributed by atoms with Gasteiger partial charge in [-0.1, -0.05) is 26.0 Å². The first-order valence-electron chi connectivity index (χ1n) is 7.51. The molecule has 0 radical (unpaired) electrons. The van der Waals surface area contributed by atoms with Crippen LogP contribution in [0.5, 0.6) is 0 Å². The number of hydrogen-bond acceptors (Lipinski definition) is 4. The van der Waals surface area contributed by atoms with E-state index in [0.29, 0.717) is 39.0 Å². The average Bonchev–Trinajstić information content (AvgIpc) is 2.52. The van der Waals surface area contributed by atoms with Gasteiger partial charge >= 0.3 is 0 Å². The Morgan fingerprint density at radius 1 is 1.18 bits per heavy atom. The largest absolute Gasteiger partial charge is 0.355 e. The number of rotatable bonds is 9. The van der Waals surface area contributed by atoms with Crippen LogP contribution in [0.1, 0.15) is 25.8 Å². The van der Waals surface area contributed by atoms with Gasteiger partial charge in [-0.25, -0.2) is 8.42 Å². The monoisotopic (exact) mass is 327 g/mol. The summed E-state index contributed by atoms with van der Waals surface area (Å²) in [5.41, 5.74) is 6.24. The lowest BCUT2D eigenvalue weighted by molar-refractivity contribution is -0.120. The SMILES string of the molecule is CCN(CC)S(=O)(=O)c1ccc(CCC(=O)NCCN)cc1. The van der Waals surface area contributed by atoms with Crippen LogP contribution in [0.2, 0.25) is 0 Å². The molecule has 0 fully saturated rings. The Morgan fingerprint density at radius 3 is 2.27 bits per heavy atom. The molecule has 22 heavy (non-hydrogen) atoms. The molecule has 7 heteroatoms. The molecule has 0 saturated carbocycles. The number of nitrogens with two attached hydrogens (primary N) is 1. The Bertz CT molecular complexity index is 566. The minimum Gasteiger partial charge on any atom is -0.355 e. The fraction of sp³-hybridized carbons (Fsp3) is 0.533. The lowest BCUT2D eigenvalue weighted by Gasteiger charge is -2.18. The van der Waals surface area contributed by atoms with Crippen LogP contribution >= 0.6 is 0 Å². The van der Waals surface area contributed by atoms with E-state index in [-0.39, 0.29) is 10.8 Å². The van der Waals surface area contributed by atoms with Gasteiger partial charge < -0.3 is 11.1 Å². The van der Waals surface area contributed by atoms with E-state index in [1.807, 2.05) is 13.8 Å². The van der Waals surface area contributed by atoms with Crippen LogP contribution in [0.15, 0.2) is 29.2 Å². The lowest BCUT2D eigenvalue weighted by Crippen LogP contribution is -2.30. The topological polar surface area (TPSA) is 92.5 Å². The predicted octanol–water partition coefficient (Wildman–Crippen LogP) is 0.725. The van der Waals surface area contributed by atoms with Crippen LogP contribution in [0, 0.1) is 0 Å². The molecule has 3 N–H and O–H groups in total. The van der Waals surface area contributed by atoms with Crippen molar-refractivity contribution in [2.45, 2.75) is 31.6 Å². The van der Waals surface area contributed by atoms with E-state index in [0.717, 1.165) is 5.56 Å². The zero-order valence-electron chi connectivity index (χ0n) is 13.2. The molecule has 0 heterocycles. The molecule has 0 aliphatic carbocycles. The molecule has 0 spiro atoms. The normalized spacial score (nSPS) is 11.6. The third-order valence-corrected chi connectivity index (χ3v) is 5.44. The van der Waals surface area contributed by atoms with Gasteiger partial charge in [-0.3, -0.25) is 4.79 Å². The van der Waals surface area contributed by atoms with Gasteiger partial charge in [-0.05, 0) is 24.1 Å². The first-order chi connectivity index (χ1) is 10.5. The molecule has 0 aliphatic heterocycles. The molecule has 0 aromatic heterocycles. The summed E-state index contributed by atoms with van der Waals surface area (Å²) in [5.74, 6) is -0.0507. The molecule has 1 aromatic rings. The summed E-state index contributed by atoms with van der Waals surface area (Å²) in [7, 11) is -3.42. The first-order valence-corrected chi connectivity index (χ1v) is 8.95. The van der Waals surface area contributed by atoms with Crippen molar-refractivity contribution in [3.05, 3.63) is 29.8 Å². The number of amides is 1. The standard InChI is InChI=1S/C15H25N3O3S/c1-3-18(4-2)22(20,21)14-8-5-13(6-9-14)7-10-15(19)17-12-11-16/h5-6,8-9H,3-4,7,10-12,16H2,1-2H3,(H,17,19). The smallest absolute Gasteiger partial charge is 0.243 e. The van der Waals surface area contributed by atoms with Crippen molar-refractivity contribution < 1.29 is 13.2 Å². The maximum absolute atomic E-state index is 12.3. The Labute approximate surface area is 132 Å². The van der Waals surface area contributed by atoms with Crippen molar-refractivity contribution >= 4 is 15.9 Å². The second-order valence-electron chi connectivity index (χ2n) is 4.87. The molecule has 6 nitrogen and oxygen atoms in total. The van der Waals surface area contributed by atoms with E-state index in [1.165, 1.54) is 4.31 Å². The molecule has 124 valence electrons. The highest BCUT2D eigenvalue weighted by Gasteiger charge is 2.21. The number of sulfonamides is 1. The summed E-state index contributed by atoms with van der Waals surface area (Å²) in [5, 5.41) is 2.70. The minimum absolute atomic E-state index is 0.0507. The number of nitrogens with zero attached hydrogens (tertiary/aromatic N) is 1. The Hall–Kier alpha value is -1.44. The number of aryl methyl sites for hydroxylation is 1. The molecule has 1 aromatic carbocycles. The quantitative estimate of drug-likeness (QED) is 0.699. The van der Waals surface area contributed by atoms with Crippen LogP contribution in [-0.4, -0.2) is 44.8 Å². The molecule has 0 atom stereocenters. The van der Waals surface area contributed by atoms with Gasteiger partial charge in [0.05, 0.1) is 4.90 Å². The number of carbonyl (C=O) groups excluding carboxylic acids is 1. The van der Waals surface area contributed by atoms with Gasteiger partial charge in [0.2, 0.25) is 15.9 Å². The Morgan fingerprint density at radius 2 is 1.77 bits per heavy atom. The van der Waals surface area contributed by atoms with Crippen LogP contribution in [0.3, 0.4) is 0 Å². The fourth-order valence-corrected chi connectivity index (χ4v) is 3.56. The maximum Gasteiger partial charge on any atom is 0.243 e. The first kappa shape index (κ1) is 18.6. The highest BCUT2D eigenvalue weighted by atomic mass is 32.2. The minimum atomic E-state index is -3.42. The summed E-state index contributed by atoms with van der Waals surface area (Å²) in [6, 6.07) is 6.71. The van der Waals surface area contributed by atoms with Crippen molar-refractivity contribution in [2.75, 3.05) is 26.2 Å². The zero-order chi connectivity index (χ0) is 16.6. The molecule has 0 unspecified atom stereocenters. The van der Waals surface area contributed by atoms with Crippen molar-refractivity contribution in [1.29, 1.82) is 0 Å². The number of benzene rings is 1. The van der Waals surface area contributed by atoms with E-state index in [2.05, 4.69) is 5.32 Å². The third kappa shape index (κ3) is 5.08. The van der Waals surface area contributed by atoms with Crippen molar-refractivity contribution in [3.63, 3.8) is 0 Å². The highest BCUT2D eigenvalue weighted by molar-refractivity contribution is 7.89. The molecule has 0 bridgehead atoms. The lowest BCUT2D eigenvalue weighted by atomic mass is 10.1. The van der Waals surface area contributed by atoms with Crippen LogP contribution in [0.25, 0.3) is 0 Å². The average molecular weight is 327 g/mol. The molecular formula is C15H25N3O3S. The second kappa shape index (κ2) is 8.87. The molecular weight excluding hydrogens is 302 g/mol. The Kier molecular flexibility index (Phi) is 7.50. The van der Waals surface area contributed by atoms with Gasteiger partial charge in [0.1, 0.15) is 0 Å². The van der Waals surface area contributed by atoms with Crippen molar-refractivity contribution in [2.24, 2.45) is 5.73 Å². The molecule has 1 rings (SSSR count). The van der Waals surface area contributed by atoms with E-state index in [1.54, 1.807) is 24.3 Å². The van der Waals surface area contributed by atoms with Gasteiger partial charge in [0, 0.05) is 32.6 Å². The fourth-order valence-electron chi connectivity index (χ4n) is 2.10. The number of carbonyl (C=O) groups is 1. The van der Waals surface area contributed by atoms with E-state index < -0.39 is 10.0 Å². The molecule has 0 saturated heterocycles. The Balaban J connectivity index is 2.69. The highest BCUT2D eigenvalue weighted by Crippen LogP contribution is 2.16. The second-order valence-corrected chi connectivity index (χ2v) is 6.81. The maximum atomic E-state index is 12.3. The van der Waals surface area contributed by atoms with E-state index in [9.17, 15) is 13.2 Å². The third-order valence-electron chi connectivity index (χ3n) is 3.37. The zero-order valence-corrected chi connectivity index (χ0v) is 14.0. The van der Waals surface area contributed by atoms with E-state index in [4.69, 9.17) is 5.73 Å². The summed E-state index contributed by atoms with van der Waals surface area (Å²) in [6.07, 6.45) is 0.935. The van der Waals surface area contributed by atoms with Crippen molar-refractivity contribution in [3.8, 4) is 0 Å². The summed E-state index contributed by atoms with van der Waals surface area (Å²) in [4.78, 5) is 11.8. The van der Waals surface area contributed by atoms with E-state index >= 15 is 0 Å². The van der Waals surface area contributed by atoms with Gasteiger partial charge in [-0.15, -0.1) is 0 Å². The predicted molar refractivity (Wildman–Crippen MR) is 86.9 cm³/mol. The van der Waals surface area contributed by atoms with Gasteiger partial charge in [0.25, 0.3) is 0 Å². The van der Waals surface area contributed by atoms with Crippen LogP contribution < -0.4 is 11.1 Å². The summed E-state index contributed by atoms with van der Waals surface area (Å²) in [6.45, 7) is 5.41. The van der Waals surface area contributed by atoms with Crippen LogP contribution in [0.4, 0.5) is 0 Å². The molecule has 0 aliphatic rings.